The molecule has 0 aromatic rings. The topological polar surface area (TPSA) is 9.23 Å². The molecule has 0 saturated carbocycles. The van der Waals surface area contributed by atoms with E-state index in [2.05, 4.69) is 38.3 Å². The van der Waals surface area contributed by atoms with E-state index in [1.54, 1.807) is 0 Å². The van der Waals surface area contributed by atoms with Crippen molar-refractivity contribution in [3.05, 3.63) is 31.4 Å². The molecule has 1 nitrogen and oxygen atoms in total. The molecule has 0 atom stereocenters. The predicted octanol–water partition coefficient (Wildman–Crippen LogP) is 6.22. The van der Waals surface area contributed by atoms with Gasteiger partial charge in [-0.1, -0.05) is 63.3 Å². The molecule has 0 N–H and O–H groups in total. The first-order valence-corrected chi connectivity index (χ1v) is 8.08. The fourth-order valence-corrected chi connectivity index (χ4v) is 2.02. The van der Waals surface area contributed by atoms with Crippen LogP contribution in [0.1, 0.15) is 77.6 Å². The molecule has 0 heterocycles. The molecule has 0 aromatic carbocycles. The highest BCUT2D eigenvalue weighted by atomic mass is 16.5. The molecule has 0 fully saturated rings. The Bertz CT molecular complexity index is 206. The van der Waals surface area contributed by atoms with Crippen molar-refractivity contribution in [1.82, 2.24) is 0 Å². The molecule has 111 valence electrons. The molecule has 0 rings (SSSR count). The van der Waals surface area contributed by atoms with Crippen molar-refractivity contribution < 1.29 is 4.74 Å². The zero-order valence-electron chi connectivity index (χ0n) is 12.9. The Morgan fingerprint density at radius 2 is 1.32 bits per heavy atom. The lowest BCUT2D eigenvalue weighted by Crippen LogP contribution is -1.86. The SMILES string of the molecule is [CH2]OCCCCCCC/C=C\CC=CCCCCC. The highest BCUT2D eigenvalue weighted by Crippen LogP contribution is 2.06. The van der Waals surface area contributed by atoms with Crippen molar-refractivity contribution in [2.45, 2.75) is 77.6 Å². The minimum Gasteiger partial charge on any atom is -0.379 e. The van der Waals surface area contributed by atoms with Crippen LogP contribution < -0.4 is 0 Å². The van der Waals surface area contributed by atoms with Gasteiger partial charge in [-0.05, 0) is 38.5 Å². The van der Waals surface area contributed by atoms with Gasteiger partial charge < -0.3 is 4.74 Å². The van der Waals surface area contributed by atoms with Crippen LogP contribution in [0.25, 0.3) is 0 Å². The number of rotatable bonds is 14. The van der Waals surface area contributed by atoms with Crippen LogP contribution in [0.4, 0.5) is 0 Å². The van der Waals surface area contributed by atoms with E-state index in [-0.39, 0.29) is 0 Å². The standard InChI is InChI=1S/C18H33O/c1-3-4-5-6-7-8-9-10-11-12-13-14-15-16-17-18-19-2/h7-8,10-11H,2-6,9,12-18H2,1H3/b8-7?,11-10-. The van der Waals surface area contributed by atoms with E-state index >= 15 is 0 Å². The van der Waals surface area contributed by atoms with E-state index < -0.39 is 0 Å². The third-order valence-corrected chi connectivity index (χ3v) is 3.24. The molecular weight excluding hydrogens is 232 g/mol. The zero-order valence-corrected chi connectivity index (χ0v) is 12.9. The molecule has 0 aliphatic carbocycles. The Morgan fingerprint density at radius 3 is 1.95 bits per heavy atom. The largest absolute Gasteiger partial charge is 0.379 e. The molecule has 1 radical (unpaired) electrons. The molecular formula is C18H33O. The van der Waals surface area contributed by atoms with Gasteiger partial charge in [0, 0.05) is 6.61 Å². The average Bonchev–Trinajstić information content (AvgIpc) is 2.43. The maximum Gasteiger partial charge on any atom is 0.0700 e. The fourth-order valence-electron chi connectivity index (χ4n) is 2.02. The summed E-state index contributed by atoms with van der Waals surface area (Å²) in [7, 11) is 3.37. The minimum atomic E-state index is 0.810. The van der Waals surface area contributed by atoms with Crippen molar-refractivity contribution in [1.29, 1.82) is 0 Å². The molecule has 0 saturated heterocycles. The summed E-state index contributed by atoms with van der Waals surface area (Å²) in [6.07, 6.45) is 23.3. The maximum absolute atomic E-state index is 4.79. The van der Waals surface area contributed by atoms with Crippen LogP contribution in [0.3, 0.4) is 0 Å². The van der Waals surface area contributed by atoms with Gasteiger partial charge in [0.15, 0.2) is 0 Å². The van der Waals surface area contributed by atoms with E-state index in [1.807, 2.05) is 0 Å². The summed E-state index contributed by atoms with van der Waals surface area (Å²) in [5, 5.41) is 0. The van der Waals surface area contributed by atoms with Crippen molar-refractivity contribution in [2.24, 2.45) is 0 Å². The van der Waals surface area contributed by atoms with Gasteiger partial charge in [0.2, 0.25) is 0 Å². The summed E-state index contributed by atoms with van der Waals surface area (Å²) in [4.78, 5) is 0. The Kier molecular flexibility index (Phi) is 16.9. The lowest BCUT2D eigenvalue weighted by atomic mass is 10.1. The molecule has 0 aliphatic rings. The van der Waals surface area contributed by atoms with Crippen molar-refractivity contribution >= 4 is 0 Å². The summed E-state index contributed by atoms with van der Waals surface area (Å²) in [6, 6.07) is 0. The van der Waals surface area contributed by atoms with Crippen LogP contribution in [-0.2, 0) is 4.74 Å². The van der Waals surface area contributed by atoms with Crippen LogP contribution >= 0.6 is 0 Å². The molecule has 0 aliphatic heterocycles. The van der Waals surface area contributed by atoms with Gasteiger partial charge >= 0.3 is 0 Å². The average molecular weight is 265 g/mol. The number of unbranched alkanes of at least 4 members (excludes halogenated alkanes) is 8. The lowest BCUT2D eigenvalue weighted by Gasteiger charge is -1.99. The second-order valence-electron chi connectivity index (χ2n) is 5.14. The van der Waals surface area contributed by atoms with Crippen LogP contribution in [0, 0.1) is 7.11 Å². The van der Waals surface area contributed by atoms with E-state index in [4.69, 9.17) is 4.74 Å². The van der Waals surface area contributed by atoms with E-state index in [0.29, 0.717) is 0 Å². The quantitative estimate of drug-likeness (QED) is 0.268. The van der Waals surface area contributed by atoms with Crippen LogP contribution in [0.5, 0.6) is 0 Å². The molecule has 0 spiro atoms. The zero-order chi connectivity index (χ0) is 14.0. The Balaban J connectivity index is 3.12. The molecule has 0 bridgehead atoms. The Morgan fingerprint density at radius 1 is 0.737 bits per heavy atom. The number of hydrogen-bond donors (Lipinski definition) is 0. The van der Waals surface area contributed by atoms with Gasteiger partial charge in [0.25, 0.3) is 0 Å². The third-order valence-electron chi connectivity index (χ3n) is 3.24. The normalized spacial score (nSPS) is 11.9. The summed E-state index contributed by atoms with van der Waals surface area (Å²) in [6.45, 7) is 3.06. The summed E-state index contributed by atoms with van der Waals surface area (Å²) >= 11 is 0. The van der Waals surface area contributed by atoms with Crippen molar-refractivity contribution in [2.75, 3.05) is 6.61 Å². The van der Waals surface area contributed by atoms with Gasteiger partial charge in [-0.15, -0.1) is 0 Å². The first-order chi connectivity index (χ1) is 9.41. The van der Waals surface area contributed by atoms with Gasteiger partial charge in [-0.3, -0.25) is 0 Å². The van der Waals surface area contributed by atoms with E-state index in [0.717, 1.165) is 19.4 Å². The molecule has 19 heavy (non-hydrogen) atoms. The van der Waals surface area contributed by atoms with E-state index in [9.17, 15) is 0 Å². The van der Waals surface area contributed by atoms with Crippen LogP contribution in [-0.4, -0.2) is 6.61 Å². The molecule has 0 amide bonds. The molecule has 0 unspecified atom stereocenters. The van der Waals surface area contributed by atoms with E-state index in [1.165, 1.54) is 57.8 Å². The highest BCUT2D eigenvalue weighted by Gasteiger charge is 1.89. The van der Waals surface area contributed by atoms with Crippen molar-refractivity contribution in [3.8, 4) is 0 Å². The fraction of sp³-hybridized carbons (Fsp3) is 0.722. The summed E-state index contributed by atoms with van der Waals surface area (Å²) in [5.74, 6) is 0. The first kappa shape index (κ1) is 18.4. The van der Waals surface area contributed by atoms with Gasteiger partial charge in [0.1, 0.15) is 0 Å². The van der Waals surface area contributed by atoms with Gasteiger partial charge in [0.05, 0.1) is 7.11 Å². The second kappa shape index (κ2) is 17.4. The first-order valence-electron chi connectivity index (χ1n) is 8.08. The summed E-state index contributed by atoms with van der Waals surface area (Å²) < 4.78 is 4.79. The third kappa shape index (κ3) is 17.4. The Hall–Kier alpha value is -0.560. The maximum atomic E-state index is 4.79. The second-order valence-corrected chi connectivity index (χ2v) is 5.14. The molecule has 0 aromatic heterocycles. The highest BCUT2D eigenvalue weighted by molar-refractivity contribution is 4.92. The monoisotopic (exact) mass is 265 g/mol. The minimum absolute atomic E-state index is 0.810. The summed E-state index contributed by atoms with van der Waals surface area (Å²) in [5.41, 5.74) is 0. The van der Waals surface area contributed by atoms with Gasteiger partial charge in [-0.2, -0.15) is 0 Å². The van der Waals surface area contributed by atoms with Crippen LogP contribution in [0.15, 0.2) is 24.3 Å². The lowest BCUT2D eigenvalue weighted by molar-refractivity contribution is 0.233. The molecule has 1 heteroatoms. The smallest absolute Gasteiger partial charge is 0.0700 e. The van der Waals surface area contributed by atoms with Gasteiger partial charge in [-0.25, -0.2) is 0 Å². The van der Waals surface area contributed by atoms with Crippen LogP contribution in [0.2, 0.25) is 0 Å². The Labute approximate surface area is 121 Å². The number of allylic oxidation sites excluding steroid dienone is 4. The predicted molar refractivity (Wildman–Crippen MR) is 86.1 cm³/mol. The number of hydrogen-bond acceptors (Lipinski definition) is 1. The number of ether oxygens (including phenoxy) is 1. The van der Waals surface area contributed by atoms with Crippen molar-refractivity contribution in [3.63, 3.8) is 0 Å².